The molecule has 0 bridgehead atoms. The second-order valence-corrected chi connectivity index (χ2v) is 3.41. The van der Waals surface area contributed by atoms with E-state index < -0.39 is 5.97 Å². The number of esters is 1. The van der Waals surface area contributed by atoms with Crippen LogP contribution in [-0.2, 0) is 9.53 Å². The van der Waals surface area contributed by atoms with E-state index in [1.807, 2.05) is 0 Å². The van der Waals surface area contributed by atoms with Crippen LogP contribution in [0, 0.1) is 0 Å². The smallest absolute Gasteiger partial charge is 0.377 e. The van der Waals surface area contributed by atoms with Gasteiger partial charge in [0.1, 0.15) is 6.26 Å². The van der Waals surface area contributed by atoms with Crippen LogP contribution in [0.2, 0.25) is 0 Å². The number of fused-ring (bicyclic) bond motifs is 1. The number of hydrogen-bond acceptors (Lipinski definition) is 5. The molecule has 0 fully saturated rings. The molecule has 0 saturated carbocycles. The summed E-state index contributed by atoms with van der Waals surface area (Å²) in [6.07, 6.45) is 1.15. The van der Waals surface area contributed by atoms with E-state index in [4.69, 9.17) is 9.47 Å². The van der Waals surface area contributed by atoms with Gasteiger partial charge in [-0.1, -0.05) is 0 Å². The molecule has 0 radical (unpaired) electrons. The topological polar surface area (TPSA) is 61.8 Å². The summed E-state index contributed by atoms with van der Waals surface area (Å²) in [5.74, 6) is 0.0456. The van der Waals surface area contributed by atoms with E-state index in [0.29, 0.717) is 17.1 Å². The highest BCUT2D eigenvalue weighted by Gasteiger charge is 2.21. The second-order valence-electron chi connectivity index (χ2n) is 3.41. The zero-order chi connectivity index (χ0) is 12.4. The molecular weight excluding hydrogens is 224 g/mol. The Morgan fingerprint density at radius 1 is 1.24 bits per heavy atom. The maximum atomic E-state index is 11.2. The molecule has 17 heavy (non-hydrogen) atoms. The summed E-state index contributed by atoms with van der Waals surface area (Å²) in [6.45, 7) is 1.46. The van der Waals surface area contributed by atoms with Gasteiger partial charge in [0.2, 0.25) is 5.76 Å². The number of hydrogen-bond donors (Lipinski definition) is 0. The minimum atomic E-state index is -0.619. The van der Waals surface area contributed by atoms with Crippen LogP contribution in [0.3, 0.4) is 0 Å². The molecule has 0 N–H and O–H groups in total. The number of rotatable bonds is 2. The Balaban J connectivity index is 2.28. The van der Waals surface area contributed by atoms with Crippen molar-refractivity contribution in [2.24, 2.45) is 0 Å². The Kier molecular flexibility index (Phi) is 2.82. The Hall–Kier alpha value is -2.30. The lowest BCUT2D eigenvalue weighted by Crippen LogP contribution is -2.15. The van der Waals surface area contributed by atoms with Crippen LogP contribution in [-0.4, -0.2) is 18.9 Å². The van der Waals surface area contributed by atoms with Gasteiger partial charge in [-0.25, -0.2) is 4.79 Å². The number of Topliss-reactive ketones (excluding diaryl/α,β-unsaturated/α-hetero) is 1. The number of carbonyl (C=O) groups excluding carboxylic acids is 2. The fourth-order valence-electron chi connectivity index (χ4n) is 1.35. The Labute approximate surface area is 97.6 Å². The maximum absolute atomic E-state index is 11.2. The van der Waals surface area contributed by atoms with Gasteiger partial charge in [0.15, 0.2) is 17.3 Å². The first kappa shape index (κ1) is 11.2. The lowest BCUT2D eigenvalue weighted by Gasteiger charge is -2.16. The molecule has 1 aromatic rings. The van der Waals surface area contributed by atoms with Crippen LogP contribution < -0.4 is 9.47 Å². The third kappa shape index (κ3) is 2.13. The molecule has 0 unspecified atom stereocenters. The predicted octanol–water partition coefficient (Wildman–Crippen LogP) is 1.67. The molecule has 0 saturated heterocycles. The van der Waals surface area contributed by atoms with Crippen LogP contribution in [0.25, 0.3) is 0 Å². The molecule has 2 rings (SSSR count). The van der Waals surface area contributed by atoms with E-state index in [2.05, 4.69) is 4.74 Å². The van der Waals surface area contributed by atoms with Gasteiger partial charge >= 0.3 is 5.97 Å². The summed E-state index contributed by atoms with van der Waals surface area (Å²) < 4.78 is 15.0. The quantitative estimate of drug-likeness (QED) is 0.575. The second kappa shape index (κ2) is 4.29. The zero-order valence-electron chi connectivity index (χ0n) is 9.35. The van der Waals surface area contributed by atoms with Crippen molar-refractivity contribution in [2.75, 3.05) is 7.11 Å². The minimum absolute atomic E-state index is 0.0319. The number of methoxy groups -OCH3 is 1. The Bertz CT molecular complexity index is 516. The molecule has 0 atom stereocenters. The highest BCUT2D eigenvalue weighted by Crippen LogP contribution is 2.33. The molecule has 5 heteroatoms. The first-order chi connectivity index (χ1) is 8.11. The van der Waals surface area contributed by atoms with Gasteiger partial charge in [-0.05, 0) is 25.1 Å². The van der Waals surface area contributed by atoms with E-state index in [1.165, 1.54) is 14.0 Å². The van der Waals surface area contributed by atoms with Crippen LogP contribution >= 0.6 is 0 Å². The third-order valence-electron chi connectivity index (χ3n) is 2.25. The van der Waals surface area contributed by atoms with E-state index in [-0.39, 0.29) is 11.5 Å². The highest BCUT2D eigenvalue weighted by atomic mass is 16.6. The molecule has 88 valence electrons. The van der Waals surface area contributed by atoms with Crippen molar-refractivity contribution in [3.63, 3.8) is 0 Å². The van der Waals surface area contributed by atoms with Crippen LogP contribution in [0.4, 0.5) is 0 Å². The van der Waals surface area contributed by atoms with Crippen molar-refractivity contribution in [2.45, 2.75) is 6.92 Å². The van der Waals surface area contributed by atoms with E-state index >= 15 is 0 Å². The summed E-state index contributed by atoms with van der Waals surface area (Å²) >= 11 is 0. The normalized spacial score (nSPS) is 12.7. The van der Waals surface area contributed by atoms with Gasteiger partial charge in [-0.3, -0.25) is 4.79 Å². The van der Waals surface area contributed by atoms with Gasteiger partial charge in [-0.2, -0.15) is 0 Å². The largest absolute Gasteiger partial charge is 0.463 e. The lowest BCUT2D eigenvalue weighted by molar-refractivity contribution is -0.138. The zero-order valence-corrected chi connectivity index (χ0v) is 9.35. The monoisotopic (exact) mass is 234 g/mol. The van der Waals surface area contributed by atoms with Crippen molar-refractivity contribution >= 4 is 11.8 Å². The van der Waals surface area contributed by atoms with E-state index in [1.54, 1.807) is 18.2 Å². The number of carbonyl (C=O) groups is 2. The summed E-state index contributed by atoms with van der Waals surface area (Å²) in [7, 11) is 1.25. The summed E-state index contributed by atoms with van der Waals surface area (Å²) in [5, 5.41) is 0. The molecule has 5 nitrogen and oxygen atoms in total. The van der Waals surface area contributed by atoms with Gasteiger partial charge in [0.25, 0.3) is 0 Å². The molecule has 1 aromatic carbocycles. The first-order valence-electron chi connectivity index (χ1n) is 4.90. The standard InChI is InChI=1S/C12H10O5/c1-7(13)8-3-4-9-10(5-8)16-6-11(17-9)12(14)15-2/h3-6H,1-2H3. The van der Waals surface area contributed by atoms with E-state index in [9.17, 15) is 9.59 Å². The Morgan fingerprint density at radius 2 is 2.00 bits per heavy atom. The van der Waals surface area contributed by atoms with Crippen molar-refractivity contribution < 1.29 is 23.8 Å². The molecular formula is C12H10O5. The number of ketones is 1. The summed E-state index contributed by atoms with van der Waals surface area (Å²) in [6, 6.07) is 4.73. The molecule has 0 aliphatic carbocycles. The first-order valence-corrected chi connectivity index (χ1v) is 4.90. The lowest BCUT2D eigenvalue weighted by atomic mass is 10.1. The van der Waals surface area contributed by atoms with Crippen molar-refractivity contribution in [1.82, 2.24) is 0 Å². The average molecular weight is 234 g/mol. The fourth-order valence-corrected chi connectivity index (χ4v) is 1.35. The molecule has 0 aromatic heterocycles. The van der Waals surface area contributed by atoms with Crippen LogP contribution in [0.15, 0.2) is 30.2 Å². The van der Waals surface area contributed by atoms with Gasteiger partial charge < -0.3 is 14.2 Å². The number of benzene rings is 1. The molecule has 1 aliphatic heterocycles. The van der Waals surface area contributed by atoms with Crippen molar-refractivity contribution in [1.29, 1.82) is 0 Å². The fraction of sp³-hybridized carbons (Fsp3) is 0.167. The van der Waals surface area contributed by atoms with Crippen molar-refractivity contribution in [3.05, 3.63) is 35.8 Å². The van der Waals surface area contributed by atoms with Crippen molar-refractivity contribution in [3.8, 4) is 11.5 Å². The summed E-state index contributed by atoms with van der Waals surface area (Å²) in [5.41, 5.74) is 0.516. The Morgan fingerprint density at radius 3 is 2.65 bits per heavy atom. The van der Waals surface area contributed by atoms with Crippen LogP contribution in [0.1, 0.15) is 17.3 Å². The average Bonchev–Trinajstić information content (AvgIpc) is 2.36. The minimum Gasteiger partial charge on any atom is -0.463 e. The van der Waals surface area contributed by atoms with Gasteiger partial charge in [0, 0.05) is 5.56 Å². The maximum Gasteiger partial charge on any atom is 0.377 e. The molecule has 0 amide bonds. The third-order valence-corrected chi connectivity index (χ3v) is 2.25. The molecule has 1 aliphatic rings. The van der Waals surface area contributed by atoms with Crippen LogP contribution in [0.5, 0.6) is 11.5 Å². The molecule has 1 heterocycles. The van der Waals surface area contributed by atoms with E-state index in [0.717, 1.165) is 6.26 Å². The molecule has 0 spiro atoms. The SMILES string of the molecule is COC(=O)C1=COc2cc(C(C)=O)ccc2O1. The van der Waals surface area contributed by atoms with Gasteiger partial charge in [0.05, 0.1) is 7.11 Å². The van der Waals surface area contributed by atoms with Gasteiger partial charge in [-0.15, -0.1) is 0 Å². The predicted molar refractivity (Wildman–Crippen MR) is 57.8 cm³/mol. The highest BCUT2D eigenvalue weighted by molar-refractivity contribution is 5.95. The number of ether oxygens (including phenoxy) is 3. The summed E-state index contributed by atoms with van der Waals surface area (Å²) in [4.78, 5) is 22.4.